The first-order valence-electron chi connectivity index (χ1n) is 4.41. The Balaban J connectivity index is 2.31. The lowest BCUT2D eigenvalue weighted by atomic mass is 10.3. The highest BCUT2D eigenvalue weighted by Gasteiger charge is 2.10. The van der Waals surface area contributed by atoms with E-state index in [0.717, 1.165) is 5.69 Å². The number of hydrogen-bond acceptors (Lipinski definition) is 4. The zero-order chi connectivity index (χ0) is 11.7. The Morgan fingerprint density at radius 1 is 1.50 bits per heavy atom. The fraction of sp³-hybridized carbons (Fsp3) is 0.100. The predicted molar refractivity (Wildman–Crippen MR) is 61.2 cm³/mol. The van der Waals surface area contributed by atoms with E-state index in [-0.39, 0.29) is 5.02 Å². The van der Waals surface area contributed by atoms with Gasteiger partial charge < -0.3 is 10.2 Å². The van der Waals surface area contributed by atoms with Crippen LogP contribution in [0.4, 0.5) is 10.1 Å². The Hall–Kier alpha value is -1.20. The molecule has 0 atom stereocenters. The fourth-order valence-corrected chi connectivity index (χ4v) is 2.16. The van der Waals surface area contributed by atoms with Gasteiger partial charge in [0.2, 0.25) is 0 Å². The standard InChI is InChI=1S/C10H8ClFN2OS/c1-5-4-15-10(14-5)16-9-2-6(11)7(12)3-8(9)13/h2-4H,13H2,1H3. The Labute approximate surface area is 101 Å². The van der Waals surface area contributed by atoms with E-state index in [2.05, 4.69) is 4.98 Å². The van der Waals surface area contributed by atoms with Crippen molar-refractivity contribution < 1.29 is 8.81 Å². The SMILES string of the molecule is Cc1coc(Sc2cc(Cl)c(F)cc2N)n1. The van der Waals surface area contributed by atoms with Crippen LogP contribution in [-0.2, 0) is 0 Å². The van der Waals surface area contributed by atoms with Crippen molar-refractivity contribution in [1.82, 2.24) is 4.98 Å². The minimum absolute atomic E-state index is 0.0278. The van der Waals surface area contributed by atoms with Crippen LogP contribution in [0.25, 0.3) is 0 Å². The molecule has 84 valence electrons. The molecule has 6 heteroatoms. The summed E-state index contributed by atoms with van der Waals surface area (Å²) < 4.78 is 18.2. The van der Waals surface area contributed by atoms with Crippen LogP contribution in [0.3, 0.4) is 0 Å². The average molecular weight is 259 g/mol. The van der Waals surface area contributed by atoms with Crippen LogP contribution in [0.15, 0.2) is 32.9 Å². The van der Waals surface area contributed by atoms with Gasteiger partial charge in [-0.3, -0.25) is 0 Å². The molecule has 0 saturated heterocycles. The van der Waals surface area contributed by atoms with Crippen LogP contribution < -0.4 is 5.73 Å². The maximum atomic E-state index is 13.0. The van der Waals surface area contributed by atoms with Gasteiger partial charge >= 0.3 is 0 Å². The predicted octanol–water partition coefficient (Wildman–Crippen LogP) is 3.51. The number of aromatic nitrogens is 1. The summed E-state index contributed by atoms with van der Waals surface area (Å²) in [5.74, 6) is -0.535. The summed E-state index contributed by atoms with van der Waals surface area (Å²) in [6.45, 7) is 1.81. The monoisotopic (exact) mass is 258 g/mol. The van der Waals surface area contributed by atoms with Gasteiger partial charge in [0.15, 0.2) is 0 Å². The zero-order valence-electron chi connectivity index (χ0n) is 8.33. The summed E-state index contributed by atoms with van der Waals surface area (Å²) in [6, 6.07) is 2.64. The van der Waals surface area contributed by atoms with Crippen LogP contribution in [0, 0.1) is 12.7 Å². The summed E-state index contributed by atoms with van der Waals surface area (Å²) in [7, 11) is 0. The number of rotatable bonds is 2. The highest BCUT2D eigenvalue weighted by atomic mass is 35.5. The number of anilines is 1. The Morgan fingerprint density at radius 2 is 2.25 bits per heavy atom. The van der Waals surface area contributed by atoms with Crippen molar-refractivity contribution in [2.75, 3.05) is 5.73 Å². The van der Waals surface area contributed by atoms with Gasteiger partial charge in [0, 0.05) is 10.6 Å². The summed E-state index contributed by atoms with van der Waals surface area (Å²) >= 11 is 6.87. The molecular weight excluding hydrogens is 251 g/mol. The van der Waals surface area contributed by atoms with Crippen molar-refractivity contribution in [1.29, 1.82) is 0 Å². The first-order valence-corrected chi connectivity index (χ1v) is 5.60. The minimum atomic E-state index is -0.535. The van der Waals surface area contributed by atoms with Crippen LogP contribution in [0.5, 0.6) is 0 Å². The highest BCUT2D eigenvalue weighted by molar-refractivity contribution is 7.99. The molecule has 0 spiro atoms. The summed E-state index contributed by atoms with van der Waals surface area (Å²) in [5, 5.41) is 0.479. The molecule has 0 unspecified atom stereocenters. The van der Waals surface area contributed by atoms with Gasteiger partial charge in [-0.1, -0.05) is 11.6 Å². The summed E-state index contributed by atoms with van der Waals surface area (Å²) in [6.07, 6.45) is 1.53. The van der Waals surface area contributed by atoms with Crippen LogP contribution >= 0.6 is 23.4 Å². The van der Waals surface area contributed by atoms with Crippen LogP contribution in [0.1, 0.15) is 5.69 Å². The topological polar surface area (TPSA) is 52.0 Å². The second-order valence-electron chi connectivity index (χ2n) is 3.16. The lowest BCUT2D eigenvalue weighted by Crippen LogP contribution is -1.91. The summed E-state index contributed by atoms with van der Waals surface area (Å²) in [4.78, 5) is 4.72. The van der Waals surface area contributed by atoms with E-state index >= 15 is 0 Å². The largest absolute Gasteiger partial charge is 0.439 e. The summed E-state index contributed by atoms with van der Waals surface area (Å²) in [5.41, 5.74) is 6.74. The van der Waals surface area contributed by atoms with Crippen LogP contribution in [0.2, 0.25) is 5.02 Å². The second-order valence-corrected chi connectivity index (χ2v) is 4.56. The van der Waals surface area contributed by atoms with Gasteiger partial charge in [-0.25, -0.2) is 9.37 Å². The maximum Gasteiger partial charge on any atom is 0.260 e. The zero-order valence-corrected chi connectivity index (χ0v) is 9.90. The van der Waals surface area contributed by atoms with Gasteiger partial charge in [0.1, 0.15) is 12.1 Å². The Morgan fingerprint density at radius 3 is 2.88 bits per heavy atom. The van der Waals surface area contributed by atoms with E-state index in [4.69, 9.17) is 21.8 Å². The quantitative estimate of drug-likeness (QED) is 0.838. The number of oxazole rings is 1. The first kappa shape index (κ1) is 11.3. The third-order valence-corrected chi connectivity index (χ3v) is 3.07. The average Bonchev–Trinajstić information content (AvgIpc) is 2.60. The van der Waals surface area contributed by atoms with Gasteiger partial charge in [-0.05, 0) is 30.8 Å². The molecule has 2 N–H and O–H groups in total. The molecule has 16 heavy (non-hydrogen) atoms. The number of aryl methyl sites for hydroxylation is 1. The third-order valence-electron chi connectivity index (χ3n) is 1.85. The van der Waals surface area contributed by atoms with Gasteiger partial charge in [-0.15, -0.1) is 0 Å². The number of hydrogen-bond donors (Lipinski definition) is 1. The van der Waals surface area contributed by atoms with Gasteiger partial charge in [0.25, 0.3) is 5.22 Å². The molecule has 2 aromatic rings. The number of benzene rings is 1. The van der Waals surface area contributed by atoms with Crippen molar-refractivity contribution in [2.45, 2.75) is 17.0 Å². The molecule has 0 radical (unpaired) electrons. The molecule has 0 aliphatic rings. The maximum absolute atomic E-state index is 13.0. The smallest absolute Gasteiger partial charge is 0.260 e. The minimum Gasteiger partial charge on any atom is -0.439 e. The van der Waals surface area contributed by atoms with Crippen LogP contribution in [-0.4, -0.2) is 4.98 Å². The van der Waals surface area contributed by atoms with Crippen molar-refractivity contribution in [3.8, 4) is 0 Å². The number of nitrogen functional groups attached to an aromatic ring is 1. The Bertz CT molecular complexity index is 530. The molecule has 2 rings (SSSR count). The second kappa shape index (κ2) is 4.35. The molecule has 1 heterocycles. The number of nitrogens with zero attached hydrogens (tertiary/aromatic N) is 1. The fourth-order valence-electron chi connectivity index (χ4n) is 1.11. The lowest BCUT2D eigenvalue weighted by molar-refractivity contribution is 0.454. The Kier molecular flexibility index (Phi) is 3.07. The van der Waals surface area contributed by atoms with Crippen molar-refractivity contribution >= 4 is 29.1 Å². The molecule has 3 nitrogen and oxygen atoms in total. The van der Waals surface area contributed by atoms with E-state index < -0.39 is 5.82 Å². The van der Waals surface area contributed by atoms with E-state index in [1.807, 2.05) is 6.92 Å². The molecule has 0 fully saturated rings. The molecule has 0 aliphatic carbocycles. The molecule has 1 aromatic heterocycles. The third kappa shape index (κ3) is 2.31. The molecule has 0 aliphatic heterocycles. The molecule has 0 amide bonds. The van der Waals surface area contributed by atoms with Gasteiger partial charge in [-0.2, -0.15) is 0 Å². The number of halogens is 2. The highest BCUT2D eigenvalue weighted by Crippen LogP contribution is 2.34. The molecule has 1 aromatic carbocycles. The first-order chi connectivity index (χ1) is 7.56. The van der Waals surface area contributed by atoms with E-state index in [1.54, 1.807) is 0 Å². The van der Waals surface area contributed by atoms with E-state index in [9.17, 15) is 4.39 Å². The van der Waals surface area contributed by atoms with Crippen molar-refractivity contribution in [3.05, 3.63) is 34.9 Å². The van der Waals surface area contributed by atoms with E-state index in [0.29, 0.717) is 15.8 Å². The molecular formula is C10H8ClFN2OS. The lowest BCUT2D eigenvalue weighted by Gasteiger charge is -2.03. The van der Waals surface area contributed by atoms with Crippen molar-refractivity contribution in [3.63, 3.8) is 0 Å². The van der Waals surface area contributed by atoms with Crippen molar-refractivity contribution in [2.24, 2.45) is 0 Å². The normalized spacial score (nSPS) is 10.7. The number of nitrogens with two attached hydrogens (primary N) is 1. The molecule has 0 saturated carbocycles. The van der Waals surface area contributed by atoms with Gasteiger partial charge in [0.05, 0.1) is 10.7 Å². The van der Waals surface area contributed by atoms with E-state index in [1.165, 1.54) is 30.2 Å². The molecule has 0 bridgehead atoms.